The number of benzene rings is 1. The molecule has 1 heterocycles. The van der Waals surface area contributed by atoms with E-state index in [2.05, 4.69) is 15.0 Å². The molecule has 0 unspecified atom stereocenters. The molecule has 1 saturated heterocycles. The number of ether oxygens (including phenoxy) is 1. The molecule has 0 spiro atoms. The Morgan fingerprint density at radius 3 is 2.48 bits per heavy atom. The largest absolute Gasteiger partial charge is 0.469 e. The number of esters is 1. The number of guanidine groups is 1. The van der Waals surface area contributed by atoms with Crippen LogP contribution in [0.4, 0.5) is 18.9 Å². The zero-order valence-electron chi connectivity index (χ0n) is 15.3. The highest BCUT2D eigenvalue weighted by atomic mass is 127. The fourth-order valence-corrected chi connectivity index (χ4v) is 2.77. The third kappa shape index (κ3) is 6.74. The van der Waals surface area contributed by atoms with Gasteiger partial charge in [0, 0.05) is 45.5 Å². The Kier molecular flexibility index (Phi) is 9.13. The average Bonchev–Trinajstić information content (AvgIpc) is 2.64. The van der Waals surface area contributed by atoms with Gasteiger partial charge in [-0.25, -0.2) is 0 Å². The lowest BCUT2D eigenvalue weighted by Gasteiger charge is -2.37. The van der Waals surface area contributed by atoms with Gasteiger partial charge in [-0.15, -0.1) is 24.0 Å². The van der Waals surface area contributed by atoms with E-state index in [4.69, 9.17) is 0 Å². The van der Waals surface area contributed by atoms with Gasteiger partial charge in [0.2, 0.25) is 0 Å². The van der Waals surface area contributed by atoms with Gasteiger partial charge in [-0.05, 0) is 18.2 Å². The summed E-state index contributed by atoms with van der Waals surface area (Å²) in [7, 11) is 2.99. The molecule has 0 bridgehead atoms. The number of nitrogens with zero attached hydrogens (tertiary/aromatic N) is 3. The first kappa shape index (κ1) is 23.3. The normalized spacial score (nSPS) is 15.2. The average molecular weight is 500 g/mol. The SMILES string of the molecule is CN=C(NCCC(=O)OC)N1CCN(c2cccc(C(F)(F)F)c2)CC1.I. The van der Waals surface area contributed by atoms with E-state index in [9.17, 15) is 18.0 Å². The van der Waals surface area contributed by atoms with Crippen LogP contribution in [0.5, 0.6) is 0 Å². The van der Waals surface area contributed by atoms with E-state index in [0.717, 1.165) is 6.07 Å². The molecule has 0 atom stereocenters. The molecule has 0 radical (unpaired) electrons. The Morgan fingerprint density at radius 2 is 1.93 bits per heavy atom. The number of piperazine rings is 1. The first-order valence-electron chi connectivity index (χ1n) is 8.29. The summed E-state index contributed by atoms with van der Waals surface area (Å²) in [6.07, 6.45) is -4.11. The first-order valence-corrected chi connectivity index (χ1v) is 8.29. The zero-order chi connectivity index (χ0) is 19.2. The van der Waals surface area contributed by atoms with Crippen molar-refractivity contribution in [2.24, 2.45) is 4.99 Å². The molecular weight excluding hydrogens is 476 g/mol. The highest BCUT2D eigenvalue weighted by Gasteiger charge is 2.31. The molecule has 2 rings (SSSR count). The minimum absolute atomic E-state index is 0. The Bertz CT molecular complexity index is 647. The summed E-state index contributed by atoms with van der Waals surface area (Å²) in [6.45, 7) is 2.81. The van der Waals surface area contributed by atoms with E-state index >= 15 is 0 Å². The van der Waals surface area contributed by atoms with E-state index in [1.54, 1.807) is 13.1 Å². The minimum atomic E-state index is -4.34. The summed E-state index contributed by atoms with van der Waals surface area (Å²) in [5, 5.41) is 3.10. The molecular formula is C17H24F3IN4O2. The zero-order valence-corrected chi connectivity index (χ0v) is 17.6. The Balaban J connectivity index is 0.00000364. The molecule has 0 saturated carbocycles. The van der Waals surface area contributed by atoms with Crippen molar-refractivity contribution >= 4 is 41.6 Å². The van der Waals surface area contributed by atoms with Crippen molar-refractivity contribution in [2.45, 2.75) is 12.6 Å². The number of aliphatic imine (C=N–C) groups is 1. The summed E-state index contributed by atoms with van der Waals surface area (Å²) in [4.78, 5) is 19.3. The van der Waals surface area contributed by atoms with Crippen molar-refractivity contribution in [2.75, 3.05) is 51.8 Å². The molecule has 1 aliphatic heterocycles. The van der Waals surface area contributed by atoms with Crippen LogP contribution >= 0.6 is 24.0 Å². The van der Waals surface area contributed by atoms with Crippen LogP contribution in [0.1, 0.15) is 12.0 Å². The standard InChI is InChI=1S/C17H23F3N4O2.HI/c1-21-16(22-7-6-15(25)26-2)24-10-8-23(9-11-24)14-5-3-4-13(12-14)17(18,19)20;/h3-5,12H,6-11H2,1-2H3,(H,21,22);1H. The van der Waals surface area contributed by atoms with Gasteiger partial charge in [0.25, 0.3) is 0 Å². The molecule has 6 nitrogen and oxygen atoms in total. The van der Waals surface area contributed by atoms with Crippen molar-refractivity contribution in [3.05, 3.63) is 29.8 Å². The monoisotopic (exact) mass is 500 g/mol. The number of rotatable bonds is 4. The van der Waals surface area contributed by atoms with Gasteiger partial charge in [0.15, 0.2) is 5.96 Å². The topological polar surface area (TPSA) is 57.2 Å². The number of alkyl halides is 3. The van der Waals surface area contributed by atoms with Crippen LogP contribution < -0.4 is 10.2 Å². The molecule has 0 amide bonds. The number of hydrogen-bond donors (Lipinski definition) is 1. The molecule has 0 aliphatic carbocycles. The molecule has 1 aliphatic rings. The highest BCUT2D eigenvalue weighted by molar-refractivity contribution is 14.0. The number of hydrogen-bond acceptors (Lipinski definition) is 4. The Hall–Kier alpha value is -1.72. The summed E-state index contributed by atoms with van der Waals surface area (Å²) < 4.78 is 43.2. The second-order valence-electron chi connectivity index (χ2n) is 5.82. The summed E-state index contributed by atoms with van der Waals surface area (Å²) >= 11 is 0. The van der Waals surface area contributed by atoms with Crippen LogP contribution in [0.2, 0.25) is 0 Å². The van der Waals surface area contributed by atoms with E-state index < -0.39 is 11.7 Å². The van der Waals surface area contributed by atoms with Gasteiger partial charge in [0.1, 0.15) is 0 Å². The van der Waals surface area contributed by atoms with E-state index in [-0.39, 0.29) is 36.4 Å². The molecule has 1 N–H and O–H groups in total. The minimum Gasteiger partial charge on any atom is -0.469 e. The van der Waals surface area contributed by atoms with Gasteiger partial charge < -0.3 is 19.9 Å². The molecule has 27 heavy (non-hydrogen) atoms. The number of carbonyl (C=O) groups excluding carboxylic acids is 1. The van der Waals surface area contributed by atoms with Gasteiger partial charge >= 0.3 is 12.1 Å². The Morgan fingerprint density at radius 1 is 1.26 bits per heavy atom. The second-order valence-corrected chi connectivity index (χ2v) is 5.82. The number of anilines is 1. The molecule has 1 fully saturated rings. The van der Waals surface area contributed by atoms with Crippen LogP contribution in [-0.4, -0.2) is 63.7 Å². The maximum absolute atomic E-state index is 12.9. The van der Waals surface area contributed by atoms with Crippen LogP contribution in [0.25, 0.3) is 0 Å². The summed E-state index contributed by atoms with van der Waals surface area (Å²) in [5.74, 6) is 0.361. The van der Waals surface area contributed by atoms with Gasteiger partial charge in [0.05, 0.1) is 19.1 Å². The van der Waals surface area contributed by atoms with Crippen molar-refractivity contribution in [3.8, 4) is 0 Å². The van der Waals surface area contributed by atoms with Crippen LogP contribution in [-0.2, 0) is 15.7 Å². The summed E-state index contributed by atoms with van der Waals surface area (Å²) in [5.41, 5.74) is -0.0779. The number of nitrogens with one attached hydrogen (secondary N) is 1. The molecule has 1 aromatic carbocycles. The second kappa shape index (κ2) is 10.6. The van der Waals surface area contributed by atoms with Crippen molar-refractivity contribution in [3.63, 3.8) is 0 Å². The van der Waals surface area contributed by atoms with Crippen molar-refractivity contribution in [1.29, 1.82) is 0 Å². The lowest BCUT2D eigenvalue weighted by molar-refractivity contribution is -0.140. The third-order valence-corrected chi connectivity index (χ3v) is 4.17. The smallest absolute Gasteiger partial charge is 0.416 e. The molecule has 10 heteroatoms. The van der Waals surface area contributed by atoms with Crippen molar-refractivity contribution in [1.82, 2.24) is 10.2 Å². The maximum Gasteiger partial charge on any atom is 0.416 e. The fourth-order valence-electron chi connectivity index (χ4n) is 2.77. The predicted octanol–water partition coefficient (Wildman–Crippen LogP) is 2.58. The quantitative estimate of drug-likeness (QED) is 0.298. The van der Waals surface area contributed by atoms with Crippen LogP contribution in [0.3, 0.4) is 0 Å². The maximum atomic E-state index is 12.9. The first-order chi connectivity index (χ1) is 12.3. The van der Waals surface area contributed by atoms with Crippen molar-refractivity contribution < 1.29 is 22.7 Å². The third-order valence-electron chi connectivity index (χ3n) is 4.17. The molecule has 152 valence electrons. The highest BCUT2D eigenvalue weighted by Crippen LogP contribution is 2.31. The lowest BCUT2D eigenvalue weighted by atomic mass is 10.1. The number of carbonyl (C=O) groups is 1. The number of methoxy groups -OCH3 is 1. The van der Waals surface area contributed by atoms with E-state index in [1.165, 1.54) is 19.2 Å². The number of halogens is 4. The van der Waals surface area contributed by atoms with Gasteiger partial charge in [-0.1, -0.05) is 6.07 Å². The summed E-state index contributed by atoms with van der Waals surface area (Å²) in [6, 6.07) is 5.37. The van der Waals surface area contributed by atoms with Crippen LogP contribution in [0.15, 0.2) is 29.3 Å². The Labute approximate surface area is 173 Å². The van der Waals surface area contributed by atoms with E-state index in [1.807, 2.05) is 9.80 Å². The fraction of sp³-hybridized carbons (Fsp3) is 0.529. The predicted molar refractivity (Wildman–Crippen MR) is 109 cm³/mol. The van der Waals surface area contributed by atoms with Crippen LogP contribution in [0, 0.1) is 0 Å². The van der Waals surface area contributed by atoms with Gasteiger partial charge in [-0.3, -0.25) is 9.79 Å². The van der Waals surface area contributed by atoms with Gasteiger partial charge in [-0.2, -0.15) is 13.2 Å². The lowest BCUT2D eigenvalue weighted by Crippen LogP contribution is -2.52. The van der Waals surface area contributed by atoms with E-state index in [0.29, 0.717) is 44.4 Å². The molecule has 0 aromatic heterocycles. The molecule has 1 aromatic rings.